The highest BCUT2D eigenvalue weighted by Crippen LogP contribution is 2.29. The van der Waals surface area contributed by atoms with Gasteiger partial charge in [0.25, 0.3) is 0 Å². The van der Waals surface area contributed by atoms with Crippen molar-refractivity contribution < 1.29 is 0 Å². The van der Waals surface area contributed by atoms with Crippen LogP contribution in [0.4, 0.5) is 0 Å². The number of nitrogens with one attached hydrogen (secondary N) is 1. The largest absolute Gasteiger partial charge is 0.314 e. The monoisotopic (exact) mass is 258 g/mol. The first kappa shape index (κ1) is 13.1. The molecule has 3 rings (SSSR count). The van der Waals surface area contributed by atoms with E-state index in [0.29, 0.717) is 0 Å². The van der Waals surface area contributed by atoms with E-state index in [4.69, 9.17) is 0 Å². The summed E-state index contributed by atoms with van der Waals surface area (Å²) in [7, 11) is 2.24. The number of hydrogen-bond acceptors (Lipinski definition) is 2. The Morgan fingerprint density at radius 3 is 2.37 bits per heavy atom. The lowest BCUT2D eigenvalue weighted by Gasteiger charge is -2.16. The van der Waals surface area contributed by atoms with Gasteiger partial charge in [-0.2, -0.15) is 0 Å². The number of nitrogens with zero attached hydrogens (tertiary/aromatic N) is 1. The molecule has 2 heteroatoms. The lowest BCUT2D eigenvalue weighted by atomic mass is 10.1. The maximum absolute atomic E-state index is 3.57. The van der Waals surface area contributed by atoms with Gasteiger partial charge in [-0.05, 0) is 62.7 Å². The third-order valence-electron chi connectivity index (χ3n) is 4.17. The van der Waals surface area contributed by atoms with Crippen molar-refractivity contribution in [1.29, 1.82) is 0 Å². The Morgan fingerprint density at radius 2 is 1.74 bits per heavy atom. The topological polar surface area (TPSA) is 15.3 Å². The average Bonchev–Trinajstić information content (AvgIpc) is 3.26. The summed E-state index contributed by atoms with van der Waals surface area (Å²) < 4.78 is 0. The minimum Gasteiger partial charge on any atom is -0.314 e. The summed E-state index contributed by atoms with van der Waals surface area (Å²) in [6.45, 7) is 3.50. The fourth-order valence-corrected chi connectivity index (χ4v) is 2.64. The number of rotatable bonds is 8. The SMILES string of the molecule is CN(Cc1ccc(CCNC2CC2)cc1)CC1CC1. The van der Waals surface area contributed by atoms with E-state index in [2.05, 4.69) is 41.5 Å². The predicted octanol–water partition coefficient (Wildman–Crippen LogP) is 2.82. The van der Waals surface area contributed by atoms with Crippen LogP contribution >= 0.6 is 0 Å². The zero-order chi connectivity index (χ0) is 13.1. The second-order valence-electron chi connectivity index (χ2n) is 6.44. The lowest BCUT2D eigenvalue weighted by Crippen LogP contribution is -2.20. The highest BCUT2D eigenvalue weighted by atomic mass is 15.1. The molecule has 0 unspecified atom stereocenters. The van der Waals surface area contributed by atoms with Crippen LogP contribution in [0, 0.1) is 5.92 Å². The molecule has 0 atom stereocenters. The first-order valence-corrected chi connectivity index (χ1v) is 7.79. The molecule has 0 radical (unpaired) electrons. The van der Waals surface area contributed by atoms with E-state index < -0.39 is 0 Å². The van der Waals surface area contributed by atoms with Crippen molar-refractivity contribution in [3.8, 4) is 0 Å². The highest BCUT2D eigenvalue weighted by Gasteiger charge is 2.22. The molecule has 1 N–H and O–H groups in total. The quantitative estimate of drug-likeness (QED) is 0.771. The maximum atomic E-state index is 3.57. The Balaban J connectivity index is 1.41. The van der Waals surface area contributed by atoms with E-state index in [9.17, 15) is 0 Å². The van der Waals surface area contributed by atoms with Crippen LogP contribution in [0.1, 0.15) is 36.8 Å². The molecule has 0 spiro atoms. The van der Waals surface area contributed by atoms with Gasteiger partial charge in [0, 0.05) is 19.1 Å². The highest BCUT2D eigenvalue weighted by molar-refractivity contribution is 5.22. The Hall–Kier alpha value is -0.860. The lowest BCUT2D eigenvalue weighted by molar-refractivity contribution is 0.313. The van der Waals surface area contributed by atoms with Gasteiger partial charge in [-0.15, -0.1) is 0 Å². The van der Waals surface area contributed by atoms with Crippen molar-refractivity contribution in [2.24, 2.45) is 5.92 Å². The standard InChI is InChI=1S/C17H26N2/c1-19(13-16-6-7-16)12-15-4-2-14(3-5-15)10-11-18-17-8-9-17/h2-5,16-18H,6-13H2,1H3. The van der Waals surface area contributed by atoms with Crippen molar-refractivity contribution >= 4 is 0 Å². The third kappa shape index (κ3) is 4.63. The minimum atomic E-state index is 0.829. The van der Waals surface area contributed by atoms with Crippen molar-refractivity contribution in [1.82, 2.24) is 10.2 Å². The molecule has 2 fully saturated rings. The van der Waals surface area contributed by atoms with E-state index in [1.807, 2.05) is 0 Å². The fraction of sp³-hybridized carbons (Fsp3) is 0.647. The molecule has 2 saturated carbocycles. The van der Waals surface area contributed by atoms with Crippen molar-refractivity contribution in [2.45, 2.75) is 44.7 Å². The van der Waals surface area contributed by atoms with Gasteiger partial charge >= 0.3 is 0 Å². The summed E-state index contributed by atoms with van der Waals surface area (Å²) in [6, 6.07) is 10.0. The van der Waals surface area contributed by atoms with E-state index in [1.54, 1.807) is 0 Å². The van der Waals surface area contributed by atoms with E-state index in [-0.39, 0.29) is 0 Å². The van der Waals surface area contributed by atoms with Crippen LogP contribution in [0.2, 0.25) is 0 Å². The second-order valence-corrected chi connectivity index (χ2v) is 6.44. The third-order valence-corrected chi connectivity index (χ3v) is 4.17. The Kier molecular flexibility index (Phi) is 4.19. The van der Waals surface area contributed by atoms with Gasteiger partial charge < -0.3 is 10.2 Å². The molecule has 2 aliphatic rings. The second kappa shape index (κ2) is 6.06. The maximum Gasteiger partial charge on any atom is 0.0230 e. The molecular weight excluding hydrogens is 232 g/mol. The molecule has 0 heterocycles. The van der Waals surface area contributed by atoms with E-state index in [1.165, 1.54) is 43.4 Å². The predicted molar refractivity (Wildman–Crippen MR) is 80.2 cm³/mol. The molecule has 0 amide bonds. The molecule has 2 nitrogen and oxygen atoms in total. The molecule has 1 aromatic carbocycles. The van der Waals surface area contributed by atoms with E-state index in [0.717, 1.165) is 31.5 Å². The molecule has 1 aromatic rings. The van der Waals surface area contributed by atoms with Gasteiger partial charge in [-0.1, -0.05) is 24.3 Å². The minimum absolute atomic E-state index is 0.829. The van der Waals surface area contributed by atoms with Gasteiger partial charge in [-0.3, -0.25) is 0 Å². The fourth-order valence-electron chi connectivity index (χ4n) is 2.64. The summed E-state index contributed by atoms with van der Waals surface area (Å²) in [6.07, 6.45) is 6.81. The summed E-state index contributed by atoms with van der Waals surface area (Å²) in [5.74, 6) is 0.984. The van der Waals surface area contributed by atoms with Crippen LogP contribution in [0.3, 0.4) is 0 Å². The zero-order valence-corrected chi connectivity index (χ0v) is 12.1. The molecule has 0 aromatic heterocycles. The van der Waals surface area contributed by atoms with Gasteiger partial charge in [0.15, 0.2) is 0 Å². The smallest absolute Gasteiger partial charge is 0.0230 e. The molecular formula is C17H26N2. The summed E-state index contributed by atoms with van der Waals surface area (Å²) in [5.41, 5.74) is 2.91. The van der Waals surface area contributed by atoms with Crippen molar-refractivity contribution in [2.75, 3.05) is 20.1 Å². The molecule has 2 aliphatic carbocycles. The average molecular weight is 258 g/mol. The van der Waals surface area contributed by atoms with Gasteiger partial charge in [0.05, 0.1) is 0 Å². The van der Waals surface area contributed by atoms with Crippen LogP contribution < -0.4 is 5.32 Å². The van der Waals surface area contributed by atoms with Gasteiger partial charge in [0.1, 0.15) is 0 Å². The zero-order valence-electron chi connectivity index (χ0n) is 12.1. The Labute approximate surface area is 117 Å². The number of hydrogen-bond donors (Lipinski definition) is 1. The van der Waals surface area contributed by atoms with Gasteiger partial charge in [-0.25, -0.2) is 0 Å². The number of benzene rings is 1. The van der Waals surface area contributed by atoms with Crippen LogP contribution in [0.25, 0.3) is 0 Å². The van der Waals surface area contributed by atoms with Crippen LogP contribution in [0.5, 0.6) is 0 Å². The molecule has 19 heavy (non-hydrogen) atoms. The van der Waals surface area contributed by atoms with Crippen LogP contribution in [-0.2, 0) is 13.0 Å². The molecule has 104 valence electrons. The van der Waals surface area contributed by atoms with Crippen molar-refractivity contribution in [3.63, 3.8) is 0 Å². The van der Waals surface area contributed by atoms with Crippen LogP contribution in [-0.4, -0.2) is 31.1 Å². The molecule has 0 bridgehead atoms. The molecule has 0 saturated heterocycles. The normalized spacial score (nSPS) is 19.1. The van der Waals surface area contributed by atoms with Crippen molar-refractivity contribution in [3.05, 3.63) is 35.4 Å². The summed E-state index contributed by atoms with van der Waals surface area (Å²) in [5, 5.41) is 3.57. The summed E-state index contributed by atoms with van der Waals surface area (Å²) >= 11 is 0. The summed E-state index contributed by atoms with van der Waals surface area (Å²) in [4.78, 5) is 2.46. The van der Waals surface area contributed by atoms with Gasteiger partial charge in [0.2, 0.25) is 0 Å². The molecule has 0 aliphatic heterocycles. The Bertz CT molecular complexity index is 390. The first-order chi connectivity index (χ1) is 9.29. The van der Waals surface area contributed by atoms with Crippen LogP contribution in [0.15, 0.2) is 24.3 Å². The Morgan fingerprint density at radius 1 is 1.05 bits per heavy atom. The first-order valence-electron chi connectivity index (χ1n) is 7.79. The van der Waals surface area contributed by atoms with E-state index >= 15 is 0 Å².